The zero-order valence-electron chi connectivity index (χ0n) is 14.4. The normalized spacial score (nSPS) is 15.9. The SMILES string of the molecule is C=C(C)N(NC(=S)c1cc(F)ccc1F)C1CCCc2c(F)cccc21. The van der Waals surface area contributed by atoms with Crippen molar-refractivity contribution >= 4 is 17.2 Å². The van der Waals surface area contributed by atoms with Gasteiger partial charge in [0.25, 0.3) is 0 Å². The number of nitrogens with one attached hydrogen (secondary N) is 1. The fourth-order valence-electron chi connectivity index (χ4n) is 3.33. The molecule has 0 spiro atoms. The van der Waals surface area contributed by atoms with Crippen molar-refractivity contribution in [2.24, 2.45) is 0 Å². The Morgan fingerprint density at radius 1 is 1.19 bits per heavy atom. The van der Waals surface area contributed by atoms with Crippen LogP contribution in [-0.2, 0) is 6.42 Å². The van der Waals surface area contributed by atoms with Gasteiger partial charge in [-0.2, -0.15) is 0 Å². The summed E-state index contributed by atoms with van der Waals surface area (Å²) < 4.78 is 41.6. The molecule has 0 heterocycles. The number of hydrogen-bond donors (Lipinski definition) is 1. The molecule has 1 unspecified atom stereocenters. The highest BCUT2D eigenvalue weighted by atomic mass is 32.1. The molecule has 0 saturated heterocycles. The van der Waals surface area contributed by atoms with Crippen LogP contribution in [-0.4, -0.2) is 10.00 Å². The average Bonchev–Trinajstić information content (AvgIpc) is 2.61. The minimum Gasteiger partial charge on any atom is -0.287 e. The molecule has 0 aromatic heterocycles. The lowest BCUT2D eigenvalue weighted by Crippen LogP contribution is -2.44. The fourth-order valence-corrected chi connectivity index (χ4v) is 3.58. The summed E-state index contributed by atoms with van der Waals surface area (Å²) >= 11 is 5.28. The van der Waals surface area contributed by atoms with Crippen LogP contribution in [0.15, 0.2) is 48.7 Å². The Morgan fingerprint density at radius 2 is 1.96 bits per heavy atom. The van der Waals surface area contributed by atoms with Gasteiger partial charge in [-0.25, -0.2) is 13.2 Å². The van der Waals surface area contributed by atoms with Crippen LogP contribution in [0.1, 0.15) is 42.5 Å². The second kappa shape index (κ2) is 7.50. The highest BCUT2D eigenvalue weighted by Gasteiger charge is 2.28. The molecule has 6 heteroatoms. The molecule has 0 bridgehead atoms. The number of nitrogens with zero attached hydrogens (tertiary/aromatic N) is 1. The number of hydrogen-bond acceptors (Lipinski definition) is 2. The van der Waals surface area contributed by atoms with E-state index in [-0.39, 0.29) is 22.4 Å². The second-order valence-electron chi connectivity index (χ2n) is 6.39. The molecule has 0 saturated carbocycles. The first kappa shape index (κ1) is 18.5. The van der Waals surface area contributed by atoms with Crippen molar-refractivity contribution < 1.29 is 13.2 Å². The third-order valence-corrected chi connectivity index (χ3v) is 4.85. The van der Waals surface area contributed by atoms with Crippen LogP contribution in [0.3, 0.4) is 0 Å². The average molecular weight is 376 g/mol. The van der Waals surface area contributed by atoms with Crippen LogP contribution in [0.25, 0.3) is 0 Å². The Morgan fingerprint density at radius 3 is 2.69 bits per heavy atom. The van der Waals surface area contributed by atoms with Crippen LogP contribution < -0.4 is 5.43 Å². The molecule has 1 atom stereocenters. The van der Waals surface area contributed by atoms with E-state index in [1.165, 1.54) is 6.07 Å². The summed E-state index contributed by atoms with van der Waals surface area (Å²) in [6.45, 7) is 5.74. The largest absolute Gasteiger partial charge is 0.287 e. The number of allylic oxidation sites excluding steroid dienone is 1. The molecule has 1 N–H and O–H groups in total. The predicted octanol–water partition coefficient (Wildman–Crippen LogP) is 5.20. The number of fused-ring (bicyclic) bond motifs is 1. The van der Waals surface area contributed by atoms with Crippen LogP contribution >= 0.6 is 12.2 Å². The predicted molar refractivity (Wildman–Crippen MR) is 99.9 cm³/mol. The fraction of sp³-hybridized carbons (Fsp3) is 0.250. The van der Waals surface area contributed by atoms with Crippen molar-refractivity contribution in [2.45, 2.75) is 32.2 Å². The van der Waals surface area contributed by atoms with E-state index < -0.39 is 11.6 Å². The van der Waals surface area contributed by atoms with Gasteiger partial charge in [0.15, 0.2) is 0 Å². The molecular formula is C20H19F3N2S. The minimum atomic E-state index is -0.611. The van der Waals surface area contributed by atoms with Crippen molar-refractivity contribution in [1.29, 1.82) is 0 Å². The van der Waals surface area contributed by atoms with Gasteiger partial charge < -0.3 is 0 Å². The van der Waals surface area contributed by atoms with E-state index in [0.717, 1.165) is 36.6 Å². The minimum absolute atomic E-state index is 0.0264. The highest BCUT2D eigenvalue weighted by Crippen LogP contribution is 2.36. The van der Waals surface area contributed by atoms with Gasteiger partial charge >= 0.3 is 0 Å². The van der Waals surface area contributed by atoms with E-state index in [0.29, 0.717) is 17.7 Å². The molecule has 2 aromatic rings. The highest BCUT2D eigenvalue weighted by molar-refractivity contribution is 7.80. The smallest absolute Gasteiger partial charge is 0.133 e. The van der Waals surface area contributed by atoms with Crippen LogP contribution in [0.2, 0.25) is 0 Å². The zero-order chi connectivity index (χ0) is 18.8. The summed E-state index contributed by atoms with van der Waals surface area (Å²) in [5.74, 6) is -1.41. The molecule has 2 nitrogen and oxygen atoms in total. The van der Waals surface area contributed by atoms with E-state index in [9.17, 15) is 13.2 Å². The van der Waals surface area contributed by atoms with Gasteiger partial charge in [0.05, 0.1) is 6.04 Å². The summed E-state index contributed by atoms with van der Waals surface area (Å²) in [5, 5.41) is 1.71. The molecule has 0 radical (unpaired) electrons. The summed E-state index contributed by atoms with van der Waals surface area (Å²) in [4.78, 5) is 0.0496. The van der Waals surface area contributed by atoms with Crippen LogP contribution in [0, 0.1) is 17.5 Å². The number of halogens is 3. The molecule has 2 aromatic carbocycles. The Hall–Kier alpha value is -2.34. The Balaban J connectivity index is 1.92. The zero-order valence-corrected chi connectivity index (χ0v) is 15.2. The van der Waals surface area contributed by atoms with E-state index in [1.54, 1.807) is 18.0 Å². The third kappa shape index (κ3) is 3.60. The summed E-state index contributed by atoms with van der Waals surface area (Å²) in [7, 11) is 0. The Bertz CT molecular complexity index is 866. The summed E-state index contributed by atoms with van der Waals surface area (Å²) in [6, 6.07) is 7.94. The molecule has 1 aliphatic carbocycles. The summed E-state index contributed by atoms with van der Waals surface area (Å²) in [6.07, 6.45) is 2.25. The molecule has 136 valence electrons. The number of rotatable bonds is 4. The van der Waals surface area contributed by atoms with Gasteiger partial charge in [-0.15, -0.1) is 0 Å². The van der Waals surface area contributed by atoms with E-state index in [2.05, 4.69) is 12.0 Å². The summed E-state index contributed by atoms with van der Waals surface area (Å²) in [5.41, 5.74) is 5.12. The van der Waals surface area contributed by atoms with Crippen LogP contribution in [0.5, 0.6) is 0 Å². The lowest BCUT2D eigenvalue weighted by molar-refractivity contribution is 0.198. The molecular weight excluding hydrogens is 357 g/mol. The monoisotopic (exact) mass is 376 g/mol. The quantitative estimate of drug-likeness (QED) is 0.583. The third-order valence-electron chi connectivity index (χ3n) is 4.54. The Labute approximate surface area is 156 Å². The van der Waals surface area contributed by atoms with E-state index >= 15 is 0 Å². The van der Waals surface area contributed by atoms with Gasteiger partial charge in [0.2, 0.25) is 0 Å². The van der Waals surface area contributed by atoms with E-state index in [4.69, 9.17) is 12.2 Å². The maximum absolute atomic E-state index is 14.2. The maximum Gasteiger partial charge on any atom is 0.133 e. The van der Waals surface area contributed by atoms with Gasteiger partial charge in [-0.05, 0) is 61.6 Å². The topological polar surface area (TPSA) is 15.3 Å². The first-order chi connectivity index (χ1) is 12.4. The lowest BCUT2D eigenvalue weighted by Gasteiger charge is -2.38. The van der Waals surface area contributed by atoms with Gasteiger partial charge in [0.1, 0.15) is 22.4 Å². The number of benzene rings is 2. The maximum atomic E-state index is 14.2. The van der Waals surface area contributed by atoms with E-state index in [1.807, 2.05) is 6.07 Å². The molecule has 0 amide bonds. The first-order valence-electron chi connectivity index (χ1n) is 8.36. The van der Waals surface area contributed by atoms with Gasteiger partial charge in [-0.3, -0.25) is 10.4 Å². The van der Waals surface area contributed by atoms with Crippen molar-refractivity contribution in [1.82, 2.24) is 10.4 Å². The van der Waals surface area contributed by atoms with Crippen molar-refractivity contribution in [2.75, 3.05) is 0 Å². The van der Waals surface area contributed by atoms with Gasteiger partial charge in [0, 0.05) is 11.3 Å². The number of thiocarbonyl (C=S) groups is 1. The van der Waals surface area contributed by atoms with Gasteiger partial charge in [-0.1, -0.05) is 30.9 Å². The molecule has 3 rings (SSSR count). The van der Waals surface area contributed by atoms with Crippen LogP contribution in [0.4, 0.5) is 13.2 Å². The standard InChI is InChI=1S/C20H19F3N2S/c1-12(2)25(24-20(26)16-11-13(21)9-10-18(16)23)19-8-4-5-14-15(19)6-3-7-17(14)22/h3,6-7,9-11,19H,1,4-5,8H2,2H3,(H,24,26). The molecule has 26 heavy (non-hydrogen) atoms. The molecule has 0 fully saturated rings. The van der Waals surface area contributed by atoms with Crippen molar-refractivity contribution in [3.05, 3.63) is 82.8 Å². The van der Waals surface area contributed by atoms with Crippen molar-refractivity contribution in [3.8, 4) is 0 Å². The lowest BCUT2D eigenvalue weighted by atomic mass is 9.87. The molecule has 0 aliphatic heterocycles. The first-order valence-corrected chi connectivity index (χ1v) is 8.77. The second-order valence-corrected chi connectivity index (χ2v) is 6.79. The molecule has 1 aliphatic rings. The van der Waals surface area contributed by atoms with Crippen molar-refractivity contribution in [3.63, 3.8) is 0 Å². The Kier molecular flexibility index (Phi) is 5.32. The number of hydrazine groups is 1.